The smallest absolute Gasteiger partial charge is 0.233 e. The fraction of sp³-hybridized carbons (Fsp3) is 0.217. The van der Waals surface area contributed by atoms with Crippen molar-refractivity contribution < 1.29 is 9.59 Å². The minimum absolute atomic E-state index is 0.00544. The lowest BCUT2D eigenvalue weighted by atomic mass is 9.95. The summed E-state index contributed by atoms with van der Waals surface area (Å²) in [5.41, 5.74) is 10.5. The lowest BCUT2D eigenvalue weighted by molar-refractivity contribution is -0.115. The number of para-hydroxylation sites is 1. The molecular formula is C23H24N6O2. The molecule has 158 valence electrons. The van der Waals surface area contributed by atoms with Crippen LogP contribution in [0.25, 0.3) is 11.3 Å². The number of hydrogen-bond donors (Lipinski definition) is 4. The molecule has 0 spiro atoms. The van der Waals surface area contributed by atoms with E-state index < -0.39 is 0 Å². The average Bonchev–Trinajstić information content (AvgIpc) is 3.14. The number of amides is 1. The molecule has 3 aromatic rings. The van der Waals surface area contributed by atoms with E-state index >= 15 is 0 Å². The first-order valence-corrected chi connectivity index (χ1v) is 10.1. The van der Waals surface area contributed by atoms with Gasteiger partial charge in [-0.15, -0.1) is 0 Å². The van der Waals surface area contributed by atoms with E-state index in [9.17, 15) is 9.59 Å². The van der Waals surface area contributed by atoms with Gasteiger partial charge in [0.2, 0.25) is 5.91 Å². The van der Waals surface area contributed by atoms with Gasteiger partial charge in [-0.1, -0.05) is 18.2 Å². The number of nitrogens with zero attached hydrogens (tertiary/aromatic N) is 2. The van der Waals surface area contributed by atoms with Crippen LogP contribution in [0.1, 0.15) is 35.3 Å². The molecule has 0 saturated heterocycles. The van der Waals surface area contributed by atoms with Crippen molar-refractivity contribution in [1.82, 2.24) is 9.97 Å². The molecule has 0 bridgehead atoms. The minimum atomic E-state index is -0.295. The van der Waals surface area contributed by atoms with Gasteiger partial charge in [0.05, 0.1) is 23.4 Å². The van der Waals surface area contributed by atoms with Crippen LogP contribution in [0.5, 0.6) is 0 Å². The Bertz CT molecular complexity index is 1150. The number of carbonyl (C=O) groups excluding carboxylic acids is 2. The largest absolute Gasteiger partial charge is 0.387 e. The summed E-state index contributed by atoms with van der Waals surface area (Å²) < 4.78 is 0. The van der Waals surface area contributed by atoms with E-state index in [1.165, 1.54) is 7.05 Å². The highest BCUT2D eigenvalue weighted by atomic mass is 16.1. The van der Waals surface area contributed by atoms with Crippen LogP contribution in [0.15, 0.2) is 53.7 Å². The quantitative estimate of drug-likeness (QED) is 0.360. The number of H-pyrrole nitrogens is 1. The van der Waals surface area contributed by atoms with Gasteiger partial charge >= 0.3 is 0 Å². The number of Topliss-reactive ketones (excluding diaryl/α,β-unsaturated/α-hetero) is 1. The minimum Gasteiger partial charge on any atom is -0.387 e. The average molecular weight is 416 g/mol. The van der Waals surface area contributed by atoms with Crippen molar-refractivity contribution in [3.63, 3.8) is 0 Å². The first-order chi connectivity index (χ1) is 15.0. The molecule has 8 nitrogen and oxygen atoms in total. The van der Waals surface area contributed by atoms with Gasteiger partial charge in [0, 0.05) is 36.6 Å². The number of aliphatic imine (C=N–C) groups is 1. The lowest BCUT2D eigenvalue weighted by Crippen LogP contribution is -2.22. The van der Waals surface area contributed by atoms with E-state index in [2.05, 4.69) is 25.6 Å². The second-order valence-electron chi connectivity index (χ2n) is 7.37. The standard InChI is InChI=1S/C23H24N6O2/c1-25-18(24)13-20(31)29-19-12-14(10-11-26-19)22-23(27-15-6-3-2-4-7-15)21-16(28-22)8-5-9-17(21)30/h2-4,6-7,10-12,27-28H,5,8-9,13H2,1H3,(H2,24,25)(H,26,29,31). The van der Waals surface area contributed by atoms with Gasteiger partial charge in [0.15, 0.2) is 5.78 Å². The van der Waals surface area contributed by atoms with E-state index in [4.69, 9.17) is 5.73 Å². The molecule has 0 radical (unpaired) electrons. The zero-order valence-corrected chi connectivity index (χ0v) is 17.2. The highest BCUT2D eigenvalue weighted by Gasteiger charge is 2.27. The number of pyridine rings is 1. The number of benzene rings is 1. The summed E-state index contributed by atoms with van der Waals surface area (Å²) in [7, 11) is 1.54. The van der Waals surface area contributed by atoms with Gasteiger partial charge < -0.3 is 21.4 Å². The molecule has 1 aliphatic carbocycles. The summed E-state index contributed by atoms with van der Waals surface area (Å²) in [5, 5.41) is 6.16. The lowest BCUT2D eigenvalue weighted by Gasteiger charge is -2.14. The SMILES string of the molecule is CN=C(N)CC(=O)Nc1cc(-c2[nH]c3c(c2Nc2ccccc2)C(=O)CCC3)ccn1. The fourth-order valence-corrected chi connectivity index (χ4v) is 3.69. The maximum absolute atomic E-state index is 12.7. The van der Waals surface area contributed by atoms with Crippen molar-refractivity contribution in [2.75, 3.05) is 17.7 Å². The molecule has 1 aromatic carbocycles. The number of rotatable bonds is 6. The number of anilines is 3. The van der Waals surface area contributed by atoms with Gasteiger partial charge in [-0.25, -0.2) is 4.98 Å². The third kappa shape index (κ3) is 4.48. The Morgan fingerprint density at radius 3 is 2.81 bits per heavy atom. The molecular weight excluding hydrogens is 392 g/mol. The Hall–Kier alpha value is -3.94. The van der Waals surface area contributed by atoms with Gasteiger partial charge in [-0.05, 0) is 37.1 Å². The Labute approximate surface area is 180 Å². The van der Waals surface area contributed by atoms with Crippen LogP contribution in [0.4, 0.5) is 17.2 Å². The van der Waals surface area contributed by atoms with Crippen LogP contribution in [-0.4, -0.2) is 34.5 Å². The molecule has 2 heterocycles. The first kappa shape index (κ1) is 20.3. The zero-order valence-electron chi connectivity index (χ0n) is 17.2. The number of ketones is 1. The highest BCUT2D eigenvalue weighted by Crippen LogP contribution is 2.39. The summed E-state index contributed by atoms with van der Waals surface area (Å²) >= 11 is 0. The van der Waals surface area contributed by atoms with Crippen LogP contribution in [-0.2, 0) is 11.2 Å². The number of hydrogen-bond acceptors (Lipinski definition) is 5. The predicted molar refractivity (Wildman–Crippen MR) is 122 cm³/mol. The number of carbonyl (C=O) groups is 2. The van der Waals surface area contributed by atoms with Crippen LogP contribution in [0.3, 0.4) is 0 Å². The van der Waals surface area contributed by atoms with E-state index in [1.807, 2.05) is 36.4 Å². The number of amidine groups is 1. The number of aryl methyl sites for hydroxylation is 1. The molecule has 0 aliphatic heterocycles. The molecule has 0 unspecified atom stereocenters. The Morgan fingerprint density at radius 1 is 1.23 bits per heavy atom. The van der Waals surface area contributed by atoms with E-state index in [0.29, 0.717) is 17.8 Å². The Kier molecular flexibility index (Phi) is 5.79. The van der Waals surface area contributed by atoms with E-state index in [1.54, 1.807) is 12.3 Å². The summed E-state index contributed by atoms with van der Waals surface area (Å²) in [6.45, 7) is 0. The zero-order chi connectivity index (χ0) is 21.8. The summed E-state index contributed by atoms with van der Waals surface area (Å²) in [6.07, 6.45) is 3.79. The van der Waals surface area contributed by atoms with Crippen molar-refractivity contribution in [3.05, 3.63) is 59.9 Å². The Morgan fingerprint density at radius 2 is 2.03 bits per heavy atom. The van der Waals surface area contributed by atoms with Crippen LogP contribution < -0.4 is 16.4 Å². The molecule has 0 fully saturated rings. The Balaban J connectivity index is 1.71. The molecule has 1 aliphatic rings. The second kappa shape index (κ2) is 8.83. The molecule has 31 heavy (non-hydrogen) atoms. The molecule has 0 saturated carbocycles. The molecule has 4 rings (SSSR count). The van der Waals surface area contributed by atoms with Crippen molar-refractivity contribution in [2.24, 2.45) is 10.7 Å². The molecule has 5 N–H and O–H groups in total. The van der Waals surface area contributed by atoms with Gasteiger partial charge in [0.1, 0.15) is 11.7 Å². The van der Waals surface area contributed by atoms with Gasteiger partial charge in [0.25, 0.3) is 0 Å². The van der Waals surface area contributed by atoms with Crippen molar-refractivity contribution in [3.8, 4) is 11.3 Å². The first-order valence-electron chi connectivity index (χ1n) is 10.1. The maximum Gasteiger partial charge on any atom is 0.233 e. The highest BCUT2D eigenvalue weighted by molar-refractivity contribution is 6.08. The van der Waals surface area contributed by atoms with Crippen LogP contribution >= 0.6 is 0 Å². The second-order valence-corrected chi connectivity index (χ2v) is 7.37. The normalized spacial score (nSPS) is 13.6. The number of fused-ring (bicyclic) bond motifs is 1. The third-order valence-corrected chi connectivity index (χ3v) is 5.18. The maximum atomic E-state index is 12.7. The monoisotopic (exact) mass is 416 g/mol. The third-order valence-electron chi connectivity index (χ3n) is 5.18. The number of aromatic nitrogens is 2. The van der Waals surface area contributed by atoms with Crippen molar-refractivity contribution in [2.45, 2.75) is 25.7 Å². The molecule has 1 amide bonds. The van der Waals surface area contributed by atoms with Crippen molar-refractivity contribution in [1.29, 1.82) is 0 Å². The number of aromatic amines is 1. The van der Waals surface area contributed by atoms with Gasteiger partial charge in [-0.2, -0.15) is 0 Å². The van der Waals surface area contributed by atoms with E-state index in [0.717, 1.165) is 41.2 Å². The predicted octanol–water partition coefficient (Wildman–Crippen LogP) is 3.65. The van der Waals surface area contributed by atoms with Crippen LogP contribution in [0, 0.1) is 0 Å². The number of nitrogens with two attached hydrogens (primary N) is 1. The topological polar surface area (TPSA) is 125 Å². The summed E-state index contributed by atoms with van der Waals surface area (Å²) in [4.78, 5) is 36.4. The fourth-order valence-electron chi connectivity index (χ4n) is 3.69. The molecule has 0 atom stereocenters. The van der Waals surface area contributed by atoms with E-state index in [-0.39, 0.29) is 23.9 Å². The molecule has 8 heteroatoms. The van der Waals surface area contributed by atoms with Crippen molar-refractivity contribution >= 4 is 34.7 Å². The van der Waals surface area contributed by atoms with Crippen LogP contribution in [0.2, 0.25) is 0 Å². The summed E-state index contributed by atoms with van der Waals surface area (Å²) in [6, 6.07) is 13.3. The van der Waals surface area contributed by atoms with Gasteiger partial charge in [-0.3, -0.25) is 14.6 Å². The molecule has 2 aromatic heterocycles. The summed E-state index contributed by atoms with van der Waals surface area (Å²) in [5.74, 6) is 0.477. The number of nitrogens with one attached hydrogen (secondary N) is 3.